The lowest BCUT2D eigenvalue weighted by Gasteiger charge is -2.11. The van der Waals surface area contributed by atoms with Crippen molar-refractivity contribution in [2.75, 3.05) is 12.0 Å². The van der Waals surface area contributed by atoms with Crippen LogP contribution in [0.2, 0.25) is 0 Å². The van der Waals surface area contributed by atoms with Crippen molar-refractivity contribution < 1.29 is 8.42 Å². The van der Waals surface area contributed by atoms with Crippen molar-refractivity contribution in [1.29, 1.82) is 0 Å². The number of hydrogen-bond acceptors (Lipinski definition) is 4. The van der Waals surface area contributed by atoms with E-state index in [1.165, 1.54) is 30.2 Å². The number of unbranched alkanes of at least 4 members (excludes halogenated alkanes) is 1. The third-order valence-corrected chi connectivity index (χ3v) is 5.70. The molecule has 0 atom stereocenters. The van der Waals surface area contributed by atoms with Gasteiger partial charge < -0.3 is 4.57 Å². The summed E-state index contributed by atoms with van der Waals surface area (Å²) in [7, 11) is -2.88. The maximum absolute atomic E-state index is 11.3. The predicted octanol–water partition coefficient (Wildman–Crippen LogP) is 2.83. The summed E-state index contributed by atoms with van der Waals surface area (Å²) in [5, 5.41) is 0. The zero-order valence-electron chi connectivity index (χ0n) is 14.2. The fraction of sp³-hybridized carbons (Fsp3) is 0.647. The van der Waals surface area contributed by atoms with Crippen LogP contribution in [0.3, 0.4) is 0 Å². The van der Waals surface area contributed by atoms with E-state index in [9.17, 15) is 8.42 Å². The van der Waals surface area contributed by atoms with Crippen molar-refractivity contribution in [3.05, 3.63) is 23.3 Å². The summed E-state index contributed by atoms with van der Waals surface area (Å²) >= 11 is 0. The molecule has 0 bridgehead atoms. The number of fused-ring (bicyclic) bond motifs is 1. The molecule has 2 aromatic heterocycles. The van der Waals surface area contributed by atoms with Gasteiger partial charge in [0.25, 0.3) is 0 Å². The van der Waals surface area contributed by atoms with E-state index in [1.54, 1.807) is 0 Å². The number of pyridine rings is 1. The molecule has 0 N–H and O–H groups in total. The summed E-state index contributed by atoms with van der Waals surface area (Å²) in [6, 6.07) is 0. The molecule has 6 heteroatoms. The second-order valence-corrected chi connectivity index (χ2v) is 9.13. The molecule has 0 spiro atoms. The van der Waals surface area contributed by atoms with Crippen molar-refractivity contribution in [1.82, 2.24) is 14.5 Å². The van der Waals surface area contributed by atoms with E-state index in [1.807, 2.05) is 13.1 Å². The topological polar surface area (TPSA) is 64.8 Å². The molecule has 2 heterocycles. The second kappa shape index (κ2) is 6.23. The van der Waals surface area contributed by atoms with Crippen LogP contribution >= 0.6 is 0 Å². The summed E-state index contributed by atoms with van der Waals surface area (Å²) in [5.74, 6) is 2.17. The Hall–Kier alpha value is -1.43. The second-order valence-electron chi connectivity index (χ2n) is 6.87. The van der Waals surface area contributed by atoms with Crippen LogP contribution in [0.25, 0.3) is 11.0 Å². The highest BCUT2D eigenvalue weighted by molar-refractivity contribution is 7.90. The normalized spacial score (nSPS) is 15.4. The van der Waals surface area contributed by atoms with Crippen molar-refractivity contribution in [3.8, 4) is 0 Å². The van der Waals surface area contributed by atoms with E-state index in [0.29, 0.717) is 6.42 Å². The molecule has 0 aromatic carbocycles. The number of aromatic nitrogens is 3. The fourth-order valence-electron chi connectivity index (χ4n) is 3.04. The van der Waals surface area contributed by atoms with Gasteiger partial charge in [0, 0.05) is 30.7 Å². The summed E-state index contributed by atoms with van der Waals surface area (Å²) in [6.45, 7) is 4.95. The average molecular weight is 335 g/mol. The Kier molecular flexibility index (Phi) is 4.45. The number of rotatable bonds is 7. The molecule has 1 saturated carbocycles. The van der Waals surface area contributed by atoms with Crippen LogP contribution in [-0.2, 0) is 22.8 Å². The summed E-state index contributed by atoms with van der Waals surface area (Å²) in [6.07, 6.45) is 8.35. The quantitative estimate of drug-likeness (QED) is 0.730. The monoisotopic (exact) mass is 335 g/mol. The lowest BCUT2D eigenvalue weighted by molar-refractivity contribution is 0.581. The van der Waals surface area contributed by atoms with E-state index < -0.39 is 9.84 Å². The molecule has 0 aliphatic heterocycles. The van der Waals surface area contributed by atoms with Gasteiger partial charge in [0.1, 0.15) is 21.2 Å². The van der Waals surface area contributed by atoms with E-state index in [0.717, 1.165) is 42.3 Å². The van der Waals surface area contributed by atoms with Gasteiger partial charge in [0.05, 0.1) is 11.7 Å². The first kappa shape index (κ1) is 16.4. The summed E-state index contributed by atoms with van der Waals surface area (Å²) in [4.78, 5) is 9.23. The minimum atomic E-state index is -2.88. The minimum Gasteiger partial charge on any atom is -0.328 e. The zero-order valence-corrected chi connectivity index (χ0v) is 15.0. The highest BCUT2D eigenvalue weighted by atomic mass is 32.2. The highest BCUT2D eigenvalue weighted by Gasteiger charge is 2.25. The van der Waals surface area contributed by atoms with Crippen LogP contribution in [-0.4, -0.2) is 35.0 Å². The van der Waals surface area contributed by atoms with E-state index >= 15 is 0 Å². The molecule has 23 heavy (non-hydrogen) atoms. The van der Waals surface area contributed by atoms with Gasteiger partial charge >= 0.3 is 0 Å². The Bertz CT molecular complexity index is 820. The minimum absolute atomic E-state index is 0.261. The molecule has 0 radical (unpaired) electrons. The van der Waals surface area contributed by atoms with Crippen molar-refractivity contribution in [3.63, 3.8) is 0 Å². The predicted molar refractivity (Wildman–Crippen MR) is 92.4 cm³/mol. The number of imidazole rings is 1. The maximum atomic E-state index is 11.3. The Labute approximate surface area is 138 Å². The molecule has 5 nitrogen and oxygen atoms in total. The van der Waals surface area contributed by atoms with Crippen LogP contribution in [0.1, 0.15) is 42.8 Å². The molecule has 2 aromatic rings. The Balaban J connectivity index is 1.86. The van der Waals surface area contributed by atoms with Gasteiger partial charge in [-0.1, -0.05) is 0 Å². The van der Waals surface area contributed by atoms with Gasteiger partial charge in [-0.3, -0.25) is 4.98 Å². The van der Waals surface area contributed by atoms with Gasteiger partial charge in [0.15, 0.2) is 0 Å². The Morgan fingerprint density at radius 2 is 2.00 bits per heavy atom. The Morgan fingerprint density at radius 3 is 2.65 bits per heavy atom. The van der Waals surface area contributed by atoms with Crippen LogP contribution in [0.4, 0.5) is 0 Å². The van der Waals surface area contributed by atoms with E-state index in [4.69, 9.17) is 4.98 Å². The van der Waals surface area contributed by atoms with Crippen molar-refractivity contribution in [2.45, 2.75) is 52.5 Å². The molecule has 1 fully saturated rings. The third-order valence-electron chi connectivity index (χ3n) is 4.67. The molecule has 126 valence electrons. The molecule has 1 aliphatic rings. The molecule has 0 amide bonds. The first-order chi connectivity index (χ1) is 10.8. The van der Waals surface area contributed by atoms with Crippen LogP contribution in [0.5, 0.6) is 0 Å². The highest BCUT2D eigenvalue weighted by Crippen LogP contribution is 2.33. The molecule has 0 unspecified atom stereocenters. The SMILES string of the molecule is Cc1ncc2nc(CC3CC3)n(CCCCS(C)(=O)=O)c2c1C. The van der Waals surface area contributed by atoms with Crippen LogP contribution < -0.4 is 0 Å². The summed E-state index contributed by atoms with van der Waals surface area (Å²) in [5.41, 5.74) is 4.35. The molecular weight excluding hydrogens is 310 g/mol. The lowest BCUT2D eigenvalue weighted by atomic mass is 10.2. The van der Waals surface area contributed by atoms with Gasteiger partial charge in [-0.2, -0.15) is 0 Å². The van der Waals surface area contributed by atoms with Crippen LogP contribution in [0.15, 0.2) is 6.20 Å². The largest absolute Gasteiger partial charge is 0.328 e. The zero-order chi connectivity index (χ0) is 16.6. The summed E-state index contributed by atoms with van der Waals surface area (Å²) < 4.78 is 24.9. The molecular formula is C17H25N3O2S. The van der Waals surface area contributed by atoms with E-state index in [2.05, 4.69) is 16.5 Å². The third kappa shape index (κ3) is 3.91. The molecule has 1 aliphatic carbocycles. The van der Waals surface area contributed by atoms with Crippen molar-refractivity contribution in [2.24, 2.45) is 5.92 Å². The Morgan fingerprint density at radius 1 is 1.26 bits per heavy atom. The average Bonchev–Trinajstić information content (AvgIpc) is 3.20. The number of hydrogen-bond donors (Lipinski definition) is 0. The molecule has 3 rings (SSSR count). The fourth-order valence-corrected chi connectivity index (χ4v) is 3.77. The standard InChI is InChI=1S/C17H25N3O2S/c1-12-13(2)18-11-15-17(12)20(8-4-5-9-23(3,21)22)16(19-15)10-14-6-7-14/h11,14H,4-10H2,1-3H3. The van der Waals surface area contributed by atoms with Crippen molar-refractivity contribution >= 4 is 20.9 Å². The van der Waals surface area contributed by atoms with Crippen LogP contribution in [0, 0.1) is 19.8 Å². The van der Waals surface area contributed by atoms with Gasteiger partial charge in [-0.25, -0.2) is 13.4 Å². The molecule has 0 saturated heterocycles. The first-order valence-electron chi connectivity index (χ1n) is 8.34. The lowest BCUT2D eigenvalue weighted by Crippen LogP contribution is -2.09. The van der Waals surface area contributed by atoms with Gasteiger partial charge in [-0.15, -0.1) is 0 Å². The number of nitrogens with zero attached hydrogens (tertiary/aromatic N) is 3. The first-order valence-corrected chi connectivity index (χ1v) is 10.4. The van der Waals surface area contributed by atoms with Gasteiger partial charge in [0.2, 0.25) is 0 Å². The number of sulfone groups is 1. The number of aryl methyl sites for hydroxylation is 3. The van der Waals surface area contributed by atoms with E-state index in [-0.39, 0.29) is 5.75 Å². The maximum Gasteiger partial charge on any atom is 0.147 e. The smallest absolute Gasteiger partial charge is 0.147 e. The van der Waals surface area contributed by atoms with Gasteiger partial charge in [-0.05, 0) is 51.0 Å².